The predicted octanol–water partition coefficient (Wildman–Crippen LogP) is 1.54. The van der Waals surface area contributed by atoms with Crippen LogP contribution in [-0.2, 0) is 0 Å². The molecule has 1 saturated carbocycles. The first-order valence-electron chi connectivity index (χ1n) is 5.63. The van der Waals surface area contributed by atoms with Crippen molar-refractivity contribution in [1.29, 1.82) is 0 Å². The van der Waals surface area contributed by atoms with Crippen LogP contribution in [0.15, 0.2) is 0 Å². The van der Waals surface area contributed by atoms with Crippen LogP contribution >= 0.6 is 0 Å². The predicted molar refractivity (Wildman–Crippen MR) is 58.9 cm³/mol. The summed E-state index contributed by atoms with van der Waals surface area (Å²) < 4.78 is 0. The minimum absolute atomic E-state index is 0.0755. The van der Waals surface area contributed by atoms with Crippen molar-refractivity contribution in [3.8, 4) is 11.8 Å². The van der Waals surface area contributed by atoms with E-state index in [9.17, 15) is 5.11 Å². The van der Waals surface area contributed by atoms with E-state index in [1.165, 1.54) is 19.3 Å². The Kier molecular flexibility index (Phi) is 5.66. The highest BCUT2D eigenvalue weighted by Gasteiger charge is 2.21. The Balaban J connectivity index is 2.06. The minimum atomic E-state index is -0.0755. The van der Waals surface area contributed by atoms with Crippen molar-refractivity contribution in [2.45, 2.75) is 45.1 Å². The van der Waals surface area contributed by atoms with E-state index in [4.69, 9.17) is 0 Å². The molecule has 0 spiro atoms. The van der Waals surface area contributed by atoms with Gasteiger partial charge in [-0.15, -0.1) is 11.8 Å². The smallest absolute Gasteiger partial charge is 0.0580 e. The maximum atomic E-state index is 9.70. The number of nitrogens with one attached hydrogen (secondary N) is 1. The standard InChI is InChI=1S/C12H21NO/c1-2-3-6-9-13-10-11-7-4-5-8-12(11)14/h11-14H,4-10H2,1H3. The largest absolute Gasteiger partial charge is 0.393 e. The number of rotatable bonds is 4. The van der Waals surface area contributed by atoms with Gasteiger partial charge in [-0.05, 0) is 25.7 Å². The normalized spacial score (nSPS) is 26.7. The van der Waals surface area contributed by atoms with Crippen molar-refractivity contribution in [1.82, 2.24) is 5.32 Å². The molecule has 0 aromatic heterocycles. The van der Waals surface area contributed by atoms with Crippen LogP contribution in [0.1, 0.15) is 39.0 Å². The summed E-state index contributed by atoms with van der Waals surface area (Å²) in [6.45, 7) is 3.77. The first-order valence-corrected chi connectivity index (χ1v) is 5.63. The lowest BCUT2D eigenvalue weighted by molar-refractivity contribution is 0.0698. The summed E-state index contributed by atoms with van der Waals surface area (Å²) in [5.41, 5.74) is 0. The molecule has 1 rings (SSSR count). The summed E-state index contributed by atoms with van der Waals surface area (Å²) in [5.74, 6) is 6.37. The van der Waals surface area contributed by atoms with Gasteiger partial charge in [0.1, 0.15) is 0 Å². The molecule has 0 bridgehead atoms. The fourth-order valence-electron chi connectivity index (χ4n) is 1.99. The highest BCUT2D eigenvalue weighted by molar-refractivity contribution is 4.95. The second-order valence-electron chi connectivity index (χ2n) is 3.99. The summed E-state index contributed by atoms with van der Waals surface area (Å²) in [7, 11) is 0. The third-order valence-electron chi connectivity index (χ3n) is 2.88. The number of hydrogen-bond acceptors (Lipinski definition) is 2. The Bertz CT molecular complexity index is 204. The molecule has 80 valence electrons. The van der Waals surface area contributed by atoms with Gasteiger partial charge in [0.15, 0.2) is 0 Å². The van der Waals surface area contributed by atoms with Crippen molar-refractivity contribution >= 4 is 0 Å². The lowest BCUT2D eigenvalue weighted by Gasteiger charge is -2.27. The van der Waals surface area contributed by atoms with E-state index >= 15 is 0 Å². The molecule has 0 radical (unpaired) electrons. The van der Waals surface area contributed by atoms with E-state index in [1.807, 2.05) is 6.92 Å². The molecule has 2 unspecified atom stereocenters. The van der Waals surface area contributed by atoms with Crippen LogP contribution in [0.2, 0.25) is 0 Å². The second kappa shape index (κ2) is 6.86. The van der Waals surface area contributed by atoms with Gasteiger partial charge >= 0.3 is 0 Å². The molecule has 2 N–H and O–H groups in total. The van der Waals surface area contributed by atoms with Crippen molar-refractivity contribution in [2.75, 3.05) is 13.1 Å². The third-order valence-corrected chi connectivity index (χ3v) is 2.88. The fraction of sp³-hybridized carbons (Fsp3) is 0.833. The zero-order valence-corrected chi connectivity index (χ0v) is 9.05. The Labute approximate surface area is 87.1 Å². The van der Waals surface area contributed by atoms with Crippen LogP contribution in [0.25, 0.3) is 0 Å². The van der Waals surface area contributed by atoms with Crippen molar-refractivity contribution in [3.05, 3.63) is 0 Å². The van der Waals surface area contributed by atoms with Gasteiger partial charge in [0.2, 0.25) is 0 Å². The van der Waals surface area contributed by atoms with Gasteiger partial charge in [-0.25, -0.2) is 0 Å². The molecule has 0 saturated heterocycles. The average Bonchev–Trinajstić information content (AvgIpc) is 2.20. The van der Waals surface area contributed by atoms with Crippen molar-refractivity contribution in [3.63, 3.8) is 0 Å². The summed E-state index contributed by atoms with van der Waals surface area (Å²) in [6, 6.07) is 0. The molecule has 0 heterocycles. The van der Waals surface area contributed by atoms with Crippen molar-refractivity contribution < 1.29 is 5.11 Å². The molecule has 0 aliphatic heterocycles. The lowest BCUT2D eigenvalue weighted by atomic mass is 9.86. The third kappa shape index (κ3) is 4.13. The van der Waals surface area contributed by atoms with Crippen LogP contribution < -0.4 is 5.32 Å². The van der Waals surface area contributed by atoms with Gasteiger partial charge < -0.3 is 10.4 Å². The maximum Gasteiger partial charge on any atom is 0.0580 e. The summed E-state index contributed by atoms with van der Waals surface area (Å²) >= 11 is 0. The fourth-order valence-corrected chi connectivity index (χ4v) is 1.99. The summed E-state index contributed by atoms with van der Waals surface area (Å²) in [6.07, 6.45) is 5.47. The molecule has 2 nitrogen and oxygen atoms in total. The number of aliphatic hydroxyl groups is 1. The van der Waals surface area contributed by atoms with Crippen LogP contribution in [0.4, 0.5) is 0 Å². The molecule has 2 heteroatoms. The van der Waals surface area contributed by atoms with Crippen LogP contribution in [0.5, 0.6) is 0 Å². The molecule has 0 amide bonds. The van der Waals surface area contributed by atoms with E-state index < -0.39 is 0 Å². The molecule has 1 fully saturated rings. The highest BCUT2D eigenvalue weighted by atomic mass is 16.3. The van der Waals surface area contributed by atoms with Gasteiger partial charge in [0.05, 0.1) is 6.10 Å². The van der Waals surface area contributed by atoms with Crippen LogP contribution in [0.3, 0.4) is 0 Å². The zero-order chi connectivity index (χ0) is 10.2. The lowest BCUT2D eigenvalue weighted by Crippen LogP contribution is -2.34. The van der Waals surface area contributed by atoms with Gasteiger partial charge in [0, 0.05) is 19.5 Å². The summed E-state index contributed by atoms with van der Waals surface area (Å²) in [5, 5.41) is 13.1. The van der Waals surface area contributed by atoms with E-state index in [0.717, 1.165) is 25.9 Å². The Hall–Kier alpha value is -0.520. The van der Waals surface area contributed by atoms with Gasteiger partial charge in [0.25, 0.3) is 0 Å². The molecule has 0 aromatic carbocycles. The number of aliphatic hydroxyl groups excluding tert-OH is 1. The van der Waals surface area contributed by atoms with E-state index in [2.05, 4.69) is 17.2 Å². The molecule has 14 heavy (non-hydrogen) atoms. The molecular formula is C12H21NO. The van der Waals surface area contributed by atoms with Crippen LogP contribution in [-0.4, -0.2) is 24.3 Å². The van der Waals surface area contributed by atoms with Gasteiger partial charge in [-0.3, -0.25) is 0 Å². The first kappa shape index (κ1) is 11.6. The Morgan fingerprint density at radius 1 is 1.36 bits per heavy atom. The monoisotopic (exact) mass is 195 g/mol. The van der Waals surface area contributed by atoms with Gasteiger partial charge in [-0.2, -0.15) is 0 Å². The average molecular weight is 195 g/mol. The van der Waals surface area contributed by atoms with Crippen LogP contribution in [0, 0.1) is 17.8 Å². The van der Waals surface area contributed by atoms with Crippen molar-refractivity contribution in [2.24, 2.45) is 5.92 Å². The van der Waals surface area contributed by atoms with E-state index in [-0.39, 0.29) is 6.10 Å². The summed E-state index contributed by atoms with van der Waals surface area (Å²) in [4.78, 5) is 0. The molecule has 1 aliphatic carbocycles. The Morgan fingerprint density at radius 3 is 2.86 bits per heavy atom. The molecule has 2 atom stereocenters. The highest BCUT2D eigenvalue weighted by Crippen LogP contribution is 2.23. The van der Waals surface area contributed by atoms with E-state index in [1.54, 1.807) is 0 Å². The molecule has 0 aromatic rings. The zero-order valence-electron chi connectivity index (χ0n) is 9.05. The van der Waals surface area contributed by atoms with E-state index in [0.29, 0.717) is 5.92 Å². The Morgan fingerprint density at radius 2 is 2.14 bits per heavy atom. The van der Waals surface area contributed by atoms with Gasteiger partial charge in [-0.1, -0.05) is 12.8 Å². The second-order valence-corrected chi connectivity index (χ2v) is 3.99. The first-order chi connectivity index (χ1) is 6.84. The minimum Gasteiger partial charge on any atom is -0.393 e. The SMILES string of the molecule is CC#CCCNCC1CCCCC1O. The molecular weight excluding hydrogens is 174 g/mol. The molecule has 1 aliphatic rings. The topological polar surface area (TPSA) is 32.3 Å². The quantitative estimate of drug-likeness (QED) is 0.527. The number of hydrogen-bond donors (Lipinski definition) is 2. The maximum absolute atomic E-state index is 9.70.